The summed E-state index contributed by atoms with van der Waals surface area (Å²) in [5.41, 5.74) is 4.59. The molecule has 0 aromatic heterocycles. The van der Waals surface area contributed by atoms with Gasteiger partial charge in [0.15, 0.2) is 29.0 Å². The lowest BCUT2D eigenvalue weighted by Gasteiger charge is -2.14. The van der Waals surface area contributed by atoms with Crippen LogP contribution in [0.3, 0.4) is 0 Å². The van der Waals surface area contributed by atoms with Crippen LogP contribution in [0, 0.1) is 17.5 Å². The maximum absolute atomic E-state index is 13.3. The summed E-state index contributed by atoms with van der Waals surface area (Å²) >= 11 is 0. The number of nitrogens with one attached hydrogen (secondary N) is 1. The van der Waals surface area contributed by atoms with E-state index in [1.165, 1.54) is 26.4 Å². The zero-order valence-electron chi connectivity index (χ0n) is 13.2. The minimum absolute atomic E-state index is 0.0692. The molecule has 2 aromatic rings. The molecule has 0 atom stereocenters. The average Bonchev–Trinajstić information content (AvgIpc) is 2.58. The first-order chi connectivity index (χ1) is 11.8. The molecule has 0 heterocycles. The Morgan fingerprint density at radius 1 is 0.960 bits per heavy atom. The fourth-order valence-corrected chi connectivity index (χ4v) is 2.07. The van der Waals surface area contributed by atoms with Crippen LogP contribution in [0.4, 0.5) is 18.9 Å². The van der Waals surface area contributed by atoms with Gasteiger partial charge in [-0.15, -0.1) is 0 Å². The maximum Gasteiger partial charge on any atom is 0.255 e. The van der Waals surface area contributed by atoms with Crippen molar-refractivity contribution in [3.8, 4) is 11.5 Å². The monoisotopic (exact) mass is 354 g/mol. The van der Waals surface area contributed by atoms with Gasteiger partial charge in [-0.3, -0.25) is 9.59 Å². The molecular weight excluding hydrogens is 341 g/mol. The zero-order valence-corrected chi connectivity index (χ0v) is 13.2. The van der Waals surface area contributed by atoms with Crippen molar-refractivity contribution in [2.24, 2.45) is 5.73 Å². The summed E-state index contributed by atoms with van der Waals surface area (Å²) in [7, 11) is 2.67. The van der Waals surface area contributed by atoms with E-state index >= 15 is 0 Å². The van der Waals surface area contributed by atoms with Gasteiger partial charge in [-0.2, -0.15) is 0 Å². The number of primary amides is 1. The smallest absolute Gasteiger partial charge is 0.255 e. The summed E-state index contributed by atoms with van der Waals surface area (Å²) < 4.78 is 49.6. The number of halogens is 3. The topological polar surface area (TPSA) is 90.6 Å². The number of carbonyl (C=O) groups is 2. The minimum atomic E-state index is -1.69. The third-order valence-electron chi connectivity index (χ3n) is 3.28. The van der Waals surface area contributed by atoms with E-state index < -0.39 is 34.8 Å². The lowest BCUT2D eigenvalue weighted by atomic mass is 10.1. The van der Waals surface area contributed by atoms with Gasteiger partial charge in [-0.05, 0) is 18.2 Å². The number of hydrogen-bond acceptors (Lipinski definition) is 4. The summed E-state index contributed by atoms with van der Waals surface area (Å²) in [6, 6.07) is 3.55. The van der Waals surface area contributed by atoms with Crippen molar-refractivity contribution in [1.82, 2.24) is 0 Å². The van der Waals surface area contributed by atoms with Crippen LogP contribution in [0.1, 0.15) is 20.7 Å². The standard InChI is InChI=1S/C16H13F3N2O4/c1-24-12-5-8(15(20)22)11(6-13(12)25-2)21-16(23)7-3-9(17)14(19)10(18)4-7/h3-6H,1-2H3,(H2,20,22)(H,21,23). The quantitative estimate of drug-likeness (QED) is 0.807. The third kappa shape index (κ3) is 3.65. The third-order valence-corrected chi connectivity index (χ3v) is 3.28. The van der Waals surface area contributed by atoms with E-state index in [2.05, 4.69) is 5.32 Å². The normalized spacial score (nSPS) is 10.3. The van der Waals surface area contributed by atoms with Crippen molar-refractivity contribution in [1.29, 1.82) is 0 Å². The van der Waals surface area contributed by atoms with Crippen molar-refractivity contribution >= 4 is 17.5 Å². The molecule has 2 rings (SSSR count). The van der Waals surface area contributed by atoms with Crippen LogP contribution >= 0.6 is 0 Å². The summed E-state index contributed by atoms with van der Waals surface area (Å²) in [4.78, 5) is 23.7. The van der Waals surface area contributed by atoms with Crippen LogP contribution in [0.5, 0.6) is 11.5 Å². The number of amides is 2. The number of methoxy groups -OCH3 is 2. The lowest BCUT2D eigenvalue weighted by molar-refractivity contribution is 0.100. The predicted octanol–water partition coefficient (Wildman–Crippen LogP) is 2.47. The molecule has 2 amide bonds. The molecule has 6 nitrogen and oxygen atoms in total. The highest BCUT2D eigenvalue weighted by Gasteiger charge is 2.19. The molecule has 25 heavy (non-hydrogen) atoms. The first-order valence-electron chi connectivity index (χ1n) is 6.80. The molecule has 2 aromatic carbocycles. The van der Waals surface area contributed by atoms with Gasteiger partial charge in [-0.25, -0.2) is 13.2 Å². The fraction of sp³-hybridized carbons (Fsp3) is 0.125. The van der Waals surface area contributed by atoms with Crippen molar-refractivity contribution in [3.63, 3.8) is 0 Å². The highest BCUT2D eigenvalue weighted by molar-refractivity contribution is 6.09. The molecule has 132 valence electrons. The Kier molecular flexibility index (Phi) is 5.16. The number of anilines is 1. The largest absolute Gasteiger partial charge is 0.493 e. The molecule has 0 aliphatic heterocycles. The van der Waals surface area contributed by atoms with Crippen LogP contribution in [-0.2, 0) is 0 Å². The molecule has 0 fully saturated rings. The number of carbonyl (C=O) groups excluding carboxylic acids is 2. The number of nitrogens with two attached hydrogens (primary N) is 1. The van der Waals surface area contributed by atoms with Crippen LogP contribution in [0.25, 0.3) is 0 Å². The highest BCUT2D eigenvalue weighted by Crippen LogP contribution is 2.33. The molecule has 0 spiro atoms. The molecule has 0 aliphatic carbocycles. The number of hydrogen-bond donors (Lipinski definition) is 2. The molecule has 0 aliphatic rings. The average molecular weight is 354 g/mol. The van der Waals surface area contributed by atoms with Gasteiger partial charge >= 0.3 is 0 Å². The zero-order chi connectivity index (χ0) is 18.7. The van der Waals surface area contributed by atoms with Crippen molar-refractivity contribution in [3.05, 3.63) is 52.8 Å². The molecule has 0 bridgehead atoms. The number of rotatable bonds is 5. The summed E-state index contributed by atoms with van der Waals surface area (Å²) in [6.45, 7) is 0. The van der Waals surface area contributed by atoms with E-state index in [4.69, 9.17) is 15.2 Å². The van der Waals surface area contributed by atoms with Crippen molar-refractivity contribution in [2.75, 3.05) is 19.5 Å². The second kappa shape index (κ2) is 7.12. The van der Waals surface area contributed by atoms with E-state index in [0.717, 1.165) is 0 Å². The van der Waals surface area contributed by atoms with E-state index in [-0.39, 0.29) is 22.7 Å². The predicted molar refractivity (Wildman–Crippen MR) is 82.3 cm³/mol. The summed E-state index contributed by atoms with van der Waals surface area (Å²) in [6.07, 6.45) is 0. The molecule has 0 saturated heterocycles. The SMILES string of the molecule is COc1cc(NC(=O)c2cc(F)c(F)c(F)c2)c(C(N)=O)cc1OC. The van der Waals surface area contributed by atoms with Crippen LogP contribution in [-0.4, -0.2) is 26.0 Å². The van der Waals surface area contributed by atoms with Crippen LogP contribution in [0.2, 0.25) is 0 Å². The molecule has 9 heteroatoms. The summed E-state index contributed by atoms with van der Waals surface area (Å²) in [5.74, 6) is -6.23. The van der Waals surface area contributed by atoms with Crippen molar-refractivity contribution < 1.29 is 32.2 Å². The minimum Gasteiger partial charge on any atom is -0.493 e. The molecule has 0 saturated carbocycles. The van der Waals surface area contributed by atoms with Gasteiger partial charge in [0.1, 0.15) is 0 Å². The Labute approximate surface area is 140 Å². The van der Waals surface area contributed by atoms with E-state index in [1.807, 2.05) is 0 Å². The first kappa shape index (κ1) is 18.1. The fourth-order valence-electron chi connectivity index (χ4n) is 2.07. The Hall–Kier alpha value is -3.23. The molecule has 3 N–H and O–H groups in total. The Bertz CT molecular complexity index is 833. The first-order valence-corrected chi connectivity index (χ1v) is 6.80. The molecule has 0 radical (unpaired) electrons. The van der Waals surface area contributed by atoms with E-state index in [1.54, 1.807) is 0 Å². The van der Waals surface area contributed by atoms with Gasteiger partial charge < -0.3 is 20.5 Å². The van der Waals surface area contributed by atoms with Gasteiger partial charge in [0.25, 0.3) is 11.8 Å². The number of ether oxygens (including phenoxy) is 2. The molecular formula is C16H13F3N2O4. The number of benzene rings is 2. The van der Waals surface area contributed by atoms with Crippen molar-refractivity contribution in [2.45, 2.75) is 0 Å². The van der Waals surface area contributed by atoms with Gasteiger partial charge in [0.05, 0.1) is 25.5 Å². The maximum atomic E-state index is 13.3. The van der Waals surface area contributed by atoms with Gasteiger partial charge in [-0.1, -0.05) is 0 Å². The Morgan fingerprint density at radius 3 is 1.96 bits per heavy atom. The van der Waals surface area contributed by atoms with E-state index in [9.17, 15) is 22.8 Å². The van der Waals surface area contributed by atoms with E-state index in [0.29, 0.717) is 12.1 Å². The highest BCUT2D eigenvalue weighted by atomic mass is 19.2. The second-order valence-corrected chi connectivity index (χ2v) is 4.83. The Morgan fingerprint density at radius 2 is 1.48 bits per heavy atom. The molecule has 0 unspecified atom stereocenters. The van der Waals surface area contributed by atoms with Gasteiger partial charge in [0.2, 0.25) is 0 Å². The lowest BCUT2D eigenvalue weighted by Crippen LogP contribution is -2.19. The Balaban J connectivity index is 2.45. The second-order valence-electron chi connectivity index (χ2n) is 4.83. The summed E-state index contributed by atoms with van der Waals surface area (Å²) in [5, 5.41) is 2.28. The van der Waals surface area contributed by atoms with Crippen LogP contribution < -0.4 is 20.5 Å². The van der Waals surface area contributed by atoms with Crippen LogP contribution in [0.15, 0.2) is 24.3 Å². The van der Waals surface area contributed by atoms with Gasteiger partial charge in [0, 0.05) is 11.6 Å².